The smallest absolute Gasteiger partial charge is 0.165 e. The highest BCUT2D eigenvalue weighted by molar-refractivity contribution is 9.10. The predicted molar refractivity (Wildman–Crippen MR) is 80.8 cm³/mol. The number of aromatic nitrogens is 3. The molecule has 0 saturated carbocycles. The minimum Gasteiger partial charge on any atom is -0.277 e. The number of fused-ring (bicyclic) bond motifs is 1. The number of benzene rings is 1. The first-order valence-electron chi connectivity index (χ1n) is 5.96. The lowest BCUT2D eigenvalue weighted by Gasteiger charge is -2.08. The van der Waals surface area contributed by atoms with Gasteiger partial charge in [-0.05, 0) is 36.8 Å². The minimum atomic E-state index is -0.353. The van der Waals surface area contributed by atoms with E-state index in [1.807, 2.05) is 13.0 Å². The molecule has 0 aliphatic heterocycles. The van der Waals surface area contributed by atoms with Gasteiger partial charge < -0.3 is 0 Å². The van der Waals surface area contributed by atoms with Crippen LogP contribution in [0, 0.1) is 12.7 Å². The van der Waals surface area contributed by atoms with E-state index in [1.165, 1.54) is 6.07 Å². The Kier molecular flexibility index (Phi) is 3.48. The summed E-state index contributed by atoms with van der Waals surface area (Å²) in [7, 11) is 0. The van der Waals surface area contributed by atoms with E-state index < -0.39 is 0 Å². The van der Waals surface area contributed by atoms with Crippen molar-refractivity contribution in [3.63, 3.8) is 0 Å². The molecule has 0 amide bonds. The van der Waals surface area contributed by atoms with Crippen LogP contribution in [0.1, 0.15) is 11.4 Å². The predicted octanol–water partition coefficient (Wildman–Crippen LogP) is 4.37. The molecule has 3 nitrogen and oxygen atoms in total. The molecule has 0 radical (unpaired) electrons. The Morgan fingerprint density at radius 3 is 2.85 bits per heavy atom. The molecule has 0 bridgehead atoms. The van der Waals surface area contributed by atoms with E-state index in [9.17, 15) is 4.39 Å². The van der Waals surface area contributed by atoms with Crippen LogP contribution in [0.5, 0.6) is 0 Å². The van der Waals surface area contributed by atoms with E-state index in [0.29, 0.717) is 21.6 Å². The number of aryl methyl sites for hydroxylation is 1. The van der Waals surface area contributed by atoms with Crippen molar-refractivity contribution in [2.45, 2.75) is 12.8 Å². The molecule has 0 aliphatic carbocycles. The second-order valence-corrected chi connectivity index (χ2v) is 5.58. The average molecular weight is 355 g/mol. The molecule has 20 heavy (non-hydrogen) atoms. The third kappa shape index (κ3) is 2.11. The van der Waals surface area contributed by atoms with E-state index in [1.54, 1.807) is 22.9 Å². The molecule has 0 N–H and O–H groups in total. The van der Waals surface area contributed by atoms with Gasteiger partial charge in [0.2, 0.25) is 0 Å². The zero-order valence-corrected chi connectivity index (χ0v) is 12.9. The lowest BCUT2D eigenvalue weighted by molar-refractivity contribution is 0.616. The largest absolute Gasteiger partial charge is 0.277 e. The SMILES string of the molecule is Cc1ccnc2c1nc(CCl)n2-c1ccc(Br)cc1F. The zero-order chi connectivity index (χ0) is 14.3. The summed E-state index contributed by atoms with van der Waals surface area (Å²) >= 11 is 9.20. The Bertz CT molecular complexity index is 800. The van der Waals surface area contributed by atoms with Crippen molar-refractivity contribution in [3.05, 3.63) is 52.1 Å². The summed E-state index contributed by atoms with van der Waals surface area (Å²) in [4.78, 5) is 8.77. The maximum atomic E-state index is 14.2. The van der Waals surface area contributed by atoms with Crippen molar-refractivity contribution < 1.29 is 4.39 Å². The monoisotopic (exact) mass is 353 g/mol. The molecule has 0 unspecified atom stereocenters. The highest BCUT2D eigenvalue weighted by Gasteiger charge is 2.16. The van der Waals surface area contributed by atoms with Gasteiger partial charge in [0.15, 0.2) is 5.65 Å². The molecule has 102 valence electrons. The number of hydrogen-bond donors (Lipinski definition) is 0. The Morgan fingerprint density at radius 1 is 1.35 bits per heavy atom. The van der Waals surface area contributed by atoms with Gasteiger partial charge in [0.25, 0.3) is 0 Å². The lowest BCUT2D eigenvalue weighted by atomic mass is 10.2. The molecule has 0 saturated heterocycles. The highest BCUT2D eigenvalue weighted by Crippen LogP contribution is 2.26. The maximum Gasteiger partial charge on any atom is 0.165 e. The molecular weight excluding hydrogens is 345 g/mol. The highest BCUT2D eigenvalue weighted by atomic mass is 79.9. The van der Waals surface area contributed by atoms with Crippen LogP contribution in [0.4, 0.5) is 4.39 Å². The molecule has 3 aromatic rings. The van der Waals surface area contributed by atoms with E-state index in [2.05, 4.69) is 25.9 Å². The topological polar surface area (TPSA) is 30.7 Å². The van der Waals surface area contributed by atoms with Gasteiger partial charge >= 0.3 is 0 Å². The number of halogens is 3. The average Bonchev–Trinajstić information content (AvgIpc) is 2.79. The van der Waals surface area contributed by atoms with Crippen molar-refractivity contribution in [1.29, 1.82) is 0 Å². The number of imidazole rings is 1. The molecule has 3 rings (SSSR count). The summed E-state index contributed by atoms with van der Waals surface area (Å²) in [6.07, 6.45) is 1.69. The van der Waals surface area contributed by atoms with Crippen LogP contribution in [0.2, 0.25) is 0 Å². The van der Waals surface area contributed by atoms with Gasteiger partial charge in [0.05, 0.1) is 11.6 Å². The van der Waals surface area contributed by atoms with Crippen LogP contribution in [-0.4, -0.2) is 14.5 Å². The molecule has 6 heteroatoms. The minimum absolute atomic E-state index is 0.186. The first-order valence-corrected chi connectivity index (χ1v) is 7.29. The second-order valence-electron chi connectivity index (χ2n) is 4.39. The van der Waals surface area contributed by atoms with Crippen LogP contribution in [0.25, 0.3) is 16.9 Å². The molecule has 0 atom stereocenters. The standard InChI is InChI=1S/C14H10BrClFN3/c1-8-4-5-18-14-13(8)19-12(7-16)20(14)11-3-2-9(15)6-10(11)17/h2-6H,7H2,1H3. The molecule has 2 heterocycles. The van der Waals surface area contributed by atoms with Crippen LogP contribution in [0.3, 0.4) is 0 Å². The Labute approximate surface area is 128 Å². The maximum absolute atomic E-state index is 14.2. The van der Waals surface area contributed by atoms with Gasteiger partial charge in [0, 0.05) is 10.7 Å². The number of nitrogens with zero attached hydrogens (tertiary/aromatic N) is 3. The van der Waals surface area contributed by atoms with Crippen LogP contribution >= 0.6 is 27.5 Å². The third-order valence-electron chi connectivity index (χ3n) is 3.09. The summed E-state index contributed by atoms with van der Waals surface area (Å²) in [5.74, 6) is 0.406. The van der Waals surface area contributed by atoms with E-state index >= 15 is 0 Å². The molecule has 1 aromatic carbocycles. The van der Waals surface area contributed by atoms with Crippen molar-refractivity contribution in [1.82, 2.24) is 14.5 Å². The molecular formula is C14H10BrClFN3. The fourth-order valence-electron chi connectivity index (χ4n) is 2.14. The Morgan fingerprint density at radius 2 is 2.15 bits per heavy atom. The molecule has 0 aliphatic rings. The lowest BCUT2D eigenvalue weighted by Crippen LogP contribution is -2.03. The summed E-state index contributed by atoms with van der Waals surface area (Å²) in [6.45, 7) is 1.94. The van der Waals surface area contributed by atoms with Gasteiger partial charge in [0.1, 0.15) is 17.2 Å². The zero-order valence-electron chi connectivity index (χ0n) is 10.6. The number of pyridine rings is 1. The van der Waals surface area contributed by atoms with Gasteiger partial charge in [-0.1, -0.05) is 15.9 Å². The van der Waals surface area contributed by atoms with Crippen LogP contribution < -0.4 is 0 Å². The van der Waals surface area contributed by atoms with Crippen LogP contribution in [0.15, 0.2) is 34.9 Å². The van der Waals surface area contributed by atoms with Gasteiger partial charge in [-0.15, -0.1) is 11.6 Å². The summed E-state index contributed by atoms with van der Waals surface area (Å²) in [5.41, 5.74) is 2.73. The number of hydrogen-bond acceptors (Lipinski definition) is 2. The Balaban J connectivity index is 2.37. The van der Waals surface area contributed by atoms with Crippen molar-refractivity contribution in [2.75, 3.05) is 0 Å². The van der Waals surface area contributed by atoms with Gasteiger partial charge in [-0.2, -0.15) is 0 Å². The van der Waals surface area contributed by atoms with E-state index in [0.717, 1.165) is 11.1 Å². The first-order chi connectivity index (χ1) is 9.61. The summed E-state index contributed by atoms with van der Waals surface area (Å²) in [5, 5.41) is 0. The molecule has 0 fully saturated rings. The van der Waals surface area contributed by atoms with E-state index in [4.69, 9.17) is 11.6 Å². The summed E-state index contributed by atoms with van der Waals surface area (Å²) in [6, 6.07) is 6.74. The molecule has 2 aromatic heterocycles. The first kappa shape index (κ1) is 13.5. The fraction of sp³-hybridized carbons (Fsp3) is 0.143. The van der Waals surface area contributed by atoms with E-state index in [-0.39, 0.29) is 11.7 Å². The normalized spacial score (nSPS) is 11.2. The quantitative estimate of drug-likeness (QED) is 0.640. The molecule has 0 spiro atoms. The van der Waals surface area contributed by atoms with Crippen molar-refractivity contribution >= 4 is 38.7 Å². The van der Waals surface area contributed by atoms with Gasteiger partial charge in [-0.3, -0.25) is 4.57 Å². The summed E-state index contributed by atoms with van der Waals surface area (Å²) < 4.78 is 16.6. The van der Waals surface area contributed by atoms with Gasteiger partial charge in [-0.25, -0.2) is 14.4 Å². The van der Waals surface area contributed by atoms with Crippen LogP contribution in [-0.2, 0) is 5.88 Å². The number of rotatable bonds is 2. The third-order valence-corrected chi connectivity index (χ3v) is 3.82. The fourth-order valence-corrected chi connectivity index (χ4v) is 2.66. The number of alkyl halides is 1. The second kappa shape index (κ2) is 5.14. The van der Waals surface area contributed by atoms with Crippen molar-refractivity contribution in [3.8, 4) is 5.69 Å². The Hall–Kier alpha value is -1.46. The van der Waals surface area contributed by atoms with Crippen molar-refractivity contribution in [2.24, 2.45) is 0 Å².